The Bertz CT molecular complexity index is 702. The van der Waals surface area contributed by atoms with Crippen LogP contribution in [-0.4, -0.2) is 31.1 Å². The zero-order valence-electron chi connectivity index (χ0n) is 12.3. The lowest BCUT2D eigenvalue weighted by molar-refractivity contribution is -0.387. The minimum atomic E-state index is -1.34. The van der Waals surface area contributed by atoms with Crippen LogP contribution in [0, 0.1) is 28.7 Å². The molecule has 0 fully saturated rings. The summed E-state index contributed by atoms with van der Waals surface area (Å²) in [5.74, 6) is -4.51. The molecule has 1 aromatic rings. The summed E-state index contributed by atoms with van der Waals surface area (Å²) in [7, 11) is 2.05. The molecule has 8 nitrogen and oxygen atoms in total. The molecule has 1 rings (SSSR count). The van der Waals surface area contributed by atoms with Crippen LogP contribution in [0.2, 0.25) is 0 Å². The quantitative estimate of drug-likeness (QED) is 0.380. The maximum atomic E-state index is 14.0. The predicted molar refractivity (Wildman–Crippen MR) is 73.5 cm³/mol. The molecule has 1 aromatic carbocycles. The lowest BCUT2D eigenvalue weighted by Crippen LogP contribution is -2.16. The number of anilines is 1. The van der Waals surface area contributed by atoms with E-state index in [0.29, 0.717) is 12.1 Å². The van der Waals surface area contributed by atoms with Crippen LogP contribution in [0.25, 0.3) is 0 Å². The third kappa shape index (κ3) is 3.99. The first-order valence-electron chi connectivity index (χ1n) is 6.00. The second-order valence-electron chi connectivity index (χ2n) is 4.15. The lowest BCUT2D eigenvalue weighted by atomic mass is 10.1. The third-order valence-corrected chi connectivity index (χ3v) is 2.74. The van der Waals surface area contributed by atoms with Crippen molar-refractivity contribution in [1.82, 2.24) is 0 Å². The van der Waals surface area contributed by atoms with Crippen molar-refractivity contribution in [1.29, 1.82) is 0 Å². The van der Waals surface area contributed by atoms with Gasteiger partial charge in [0.15, 0.2) is 5.82 Å². The number of hydrogen-bond acceptors (Lipinski definition) is 7. The lowest BCUT2D eigenvalue weighted by Gasteiger charge is -2.11. The van der Waals surface area contributed by atoms with Gasteiger partial charge in [0.05, 0.1) is 30.9 Å². The van der Waals surface area contributed by atoms with Crippen LogP contribution in [0.15, 0.2) is 17.8 Å². The van der Waals surface area contributed by atoms with Gasteiger partial charge < -0.3 is 14.8 Å². The van der Waals surface area contributed by atoms with E-state index in [9.17, 15) is 28.5 Å². The van der Waals surface area contributed by atoms with E-state index in [0.717, 1.165) is 21.1 Å². The van der Waals surface area contributed by atoms with Crippen molar-refractivity contribution in [2.45, 2.75) is 6.92 Å². The van der Waals surface area contributed by atoms with Gasteiger partial charge in [0.1, 0.15) is 5.70 Å². The normalized spacial score (nSPS) is 10.9. The Morgan fingerprint density at radius 3 is 2.35 bits per heavy atom. The number of carbonyl (C=O) groups is 2. The molecular formula is C13H12F2N2O6. The van der Waals surface area contributed by atoms with Crippen molar-refractivity contribution in [3.63, 3.8) is 0 Å². The van der Waals surface area contributed by atoms with Gasteiger partial charge in [-0.15, -0.1) is 0 Å². The fraction of sp³-hybridized carbons (Fsp3) is 0.231. The number of nitro benzene ring substituents is 1. The van der Waals surface area contributed by atoms with Crippen LogP contribution in [0.5, 0.6) is 0 Å². The Morgan fingerprint density at radius 2 is 1.87 bits per heavy atom. The summed E-state index contributed by atoms with van der Waals surface area (Å²) in [6.45, 7) is 0.991. The molecule has 0 atom stereocenters. The molecule has 0 aliphatic heterocycles. The molecule has 0 aliphatic rings. The summed E-state index contributed by atoms with van der Waals surface area (Å²) < 4.78 is 36.4. The van der Waals surface area contributed by atoms with Crippen LogP contribution in [-0.2, 0) is 19.1 Å². The predicted octanol–water partition coefficient (Wildman–Crippen LogP) is 1.82. The van der Waals surface area contributed by atoms with Gasteiger partial charge in [-0.25, -0.2) is 14.0 Å². The first-order chi connectivity index (χ1) is 10.7. The smallest absolute Gasteiger partial charge is 0.354 e. The topological polar surface area (TPSA) is 108 Å². The maximum absolute atomic E-state index is 14.0. The standard InChI is InChI=1S/C13H12F2N2O6/c1-6-11(14)7(4-9(12(6)15)17(20)21)16-8(13(19)23-3)5-10(18)22-2/h4-5,16H,1-3H3/b8-5+. The second kappa shape index (κ2) is 7.29. The molecule has 0 heterocycles. The van der Waals surface area contributed by atoms with E-state index in [2.05, 4.69) is 14.8 Å². The van der Waals surface area contributed by atoms with Crippen LogP contribution in [0.1, 0.15) is 5.56 Å². The van der Waals surface area contributed by atoms with E-state index in [1.807, 2.05) is 0 Å². The number of carbonyl (C=O) groups excluding carboxylic acids is 2. The first-order valence-corrected chi connectivity index (χ1v) is 6.00. The number of hydrogen-bond donors (Lipinski definition) is 1. The molecule has 0 saturated heterocycles. The monoisotopic (exact) mass is 330 g/mol. The third-order valence-electron chi connectivity index (χ3n) is 2.74. The van der Waals surface area contributed by atoms with Crippen molar-refractivity contribution in [2.24, 2.45) is 0 Å². The Kier molecular flexibility index (Phi) is 5.71. The summed E-state index contributed by atoms with van der Waals surface area (Å²) in [6.07, 6.45) is 0.662. The Balaban J connectivity index is 3.39. The van der Waals surface area contributed by atoms with Gasteiger partial charge in [-0.1, -0.05) is 0 Å². The van der Waals surface area contributed by atoms with Crippen LogP contribution in [0.3, 0.4) is 0 Å². The molecule has 0 aliphatic carbocycles. The van der Waals surface area contributed by atoms with Crippen LogP contribution in [0.4, 0.5) is 20.2 Å². The van der Waals surface area contributed by atoms with Gasteiger partial charge in [0, 0.05) is 11.6 Å². The Hall–Kier alpha value is -3.04. The number of nitro groups is 1. The summed E-state index contributed by atoms with van der Waals surface area (Å²) >= 11 is 0. The fourth-order valence-corrected chi connectivity index (χ4v) is 1.56. The molecule has 0 aromatic heterocycles. The Morgan fingerprint density at radius 1 is 1.26 bits per heavy atom. The highest BCUT2D eigenvalue weighted by Crippen LogP contribution is 2.30. The number of halogens is 2. The van der Waals surface area contributed by atoms with Crippen LogP contribution < -0.4 is 5.32 Å². The molecule has 0 saturated carbocycles. The van der Waals surface area contributed by atoms with Gasteiger partial charge in [-0.3, -0.25) is 10.1 Å². The molecule has 0 amide bonds. The highest BCUT2D eigenvalue weighted by atomic mass is 19.1. The molecular weight excluding hydrogens is 318 g/mol. The SMILES string of the molecule is COC(=O)/C=C(/Nc1cc([N+](=O)[O-])c(F)c(C)c1F)C(=O)OC. The molecule has 10 heteroatoms. The number of benzene rings is 1. The average molecular weight is 330 g/mol. The van der Waals surface area contributed by atoms with Gasteiger partial charge in [-0.2, -0.15) is 4.39 Å². The van der Waals surface area contributed by atoms with Crippen LogP contribution >= 0.6 is 0 Å². The van der Waals surface area contributed by atoms with Crippen molar-refractivity contribution in [2.75, 3.05) is 19.5 Å². The summed E-state index contributed by atoms with van der Waals surface area (Å²) in [5, 5.41) is 12.9. The maximum Gasteiger partial charge on any atom is 0.354 e. The second-order valence-corrected chi connectivity index (χ2v) is 4.15. The molecule has 0 radical (unpaired) electrons. The number of ether oxygens (including phenoxy) is 2. The summed E-state index contributed by atoms with van der Waals surface area (Å²) in [6, 6.07) is 0.561. The van der Waals surface area contributed by atoms with Gasteiger partial charge in [0.2, 0.25) is 5.82 Å². The molecule has 23 heavy (non-hydrogen) atoms. The van der Waals surface area contributed by atoms with Crippen molar-refractivity contribution < 1.29 is 32.8 Å². The number of nitrogens with one attached hydrogen (secondary N) is 1. The number of methoxy groups -OCH3 is 2. The minimum absolute atomic E-state index is 0.543. The highest BCUT2D eigenvalue weighted by molar-refractivity contribution is 5.98. The molecule has 0 unspecified atom stereocenters. The van der Waals surface area contributed by atoms with Crippen molar-refractivity contribution in [3.8, 4) is 0 Å². The number of nitrogens with zero attached hydrogens (tertiary/aromatic N) is 1. The van der Waals surface area contributed by atoms with E-state index < -0.39 is 51.1 Å². The molecule has 124 valence electrons. The molecule has 0 bridgehead atoms. The number of rotatable bonds is 5. The fourth-order valence-electron chi connectivity index (χ4n) is 1.56. The highest BCUT2D eigenvalue weighted by Gasteiger charge is 2.24. The zero-order chi connectivity index (χ0) is 17.7. The zero-order valence-corrected chi connectivity index (χ0v) is 12.3. The van der Waals surface area contributed by atoms with Gasteiger partial charge in [0.25, 0.3) is 0 Å². The van der Waals surface area contributed by atoms with Crippen molar-refractivity contribution in [3.05, 3.63) is 45.2 Å². The minimum Gasteiger partial charge on any atom is -0.466 e. The largest absolute Gasteiger partial charge is 0.466 e. The van der Waals surface area contributed by atoms with Crippen molar-refractivity contribution >= 4 is 23.3 Å². The van der Waals surface area contributed by atoms with E-state index in [4.69, 9.17) is 0 Å². The summed E-state index contributed by atoms with van der Waals surface area (Å²) in [4.78, 5) is 32.5. The van der Waals surface area contributed by atoms with E-state index in [-0.39, 0.29) is 0 Å². The first kappa shape index (κ1) is 18.0. The summed E-state index contributed by atoms with van der Waals surface area (Å²) in [5.41, 5.74) is -2.73. The average Bonchev–Trinajstić information content (AvgIpc) is 2.52. The molecule has 0 spiro atoms. The van der Waals surface area contributed by atoms with E-state index >= 15 is 0 Å². The Labute approximate surface area is 128 Å². The molecule has 1 N–H and O–H groups in total. The van der Waals surface area contributed by atoms with E-state index in [1.165, 1.54) is 0 Å². The van der Waals surface area contributed by atoms with Gasteiger partial charge in [-0.05, 0) is 6.92 Å². The van der Waals surface area contributed by atoms with E-state index in [1.54, 1.807) is 0 Å². The number of esters is 2. The van der Waals surface area contributed by atoms with Gasteiger partial charge >= 0.3 is 17.6 Å².